The van der Waals surface area contributed by atoms with Gasteiger partial charge in [-0.05, 0) is 0 Å². The molecule has 220 valence electrons. The van der Waals surface area contributed by atoms with Crippen molar-refractivity contribution in [3.63, 3.8) is 0 Å². The summed E-state index contributed by atoms with van der Waals surface area (Å²) in [7, 11) is 0. The van der Waals surface area contributed by atoms with Crippen molar-refractivity contribution in [2.75, 3.05) is 13.2 Å². The van der Waals surface area contributed by atoms with Crippen LogP contribution in [-0.2, 0) is 66.7 Å². The summed E-state index contributed by atoms with van der Waals surface area (Å²) in [6, 6.07) is 0. The molecule has 0 saturated carbocycles. The fraction of sp³-hybridized carbons (Fsp3) is 0.682. The molecule has 0 N–H and O–H groups in total. The third-order valence-corrected chi connectivity index (χ3v) is 4.33. The second kappa shape index (κ2) is 16.5. The fourth-order valence-corrected chi connectivity index (χ4v) is 3.29. The lowest BCUT2D eigenvalue weighted by Crippen LogP contribution is -2.60. The topological polar surface area (TPSA) is 227 Å². The molecule has 0 aromatic heterocycles. The molecular weight excluding hydrogens is 534 g/mol. The summed E-state index contributed by atoms with van der Waals surface area (Å²) in [5.41, 5.74) is 0. The Morgan fingerprint density at radius 2 is 0.821 bits per heavy atom. The SMILES string of the molecule is CC(=O)OC[C@H](OC(C)=O)[C@H](OC(C)=O)[C@H](OC(C)=O)[C@H](OC(C)=O)[C@@H](OC(C)=O)[C@@H](C[N+](=O)[O-])OC(C)=O. The Morgan fingerprint density at radius 3 is 1.13 bits per heavy atom. The lowest BCUT2D eigenvalue weighted by atomic mass is 9.95. The zero-order valence-electron chi connectivity index (χ0n) is 22.4. The first-order valence-electron chi connectivity index (χ1n) is 11.2. The summed E-state index contributed by atoms with van der Waals surface area (Å²) in [5, 5.41) is 11.3. The van der Waals surface area contributed by atoms with E-state index >= 15 is 0 Å². The quantitative estimate of drug-likeness (QED) is 0.105. The number of nitrogens with zero attached hydrogens (tertiary/aromatic N) is 1. The third kappa shape index (κ3) is 14.3. The summed E-state index contributed by atoms with van der Waals surface area (Å²) >= 11 is 0. The Balaban J connectivity index is 7.25. The molecule has 0 fully saturated rings. The first-order chi connectivity index (χ1) is 17.9. The minimum absolute atomic E-state index is 0.766. The van der Waals surface area contributed by atoms with Crippen molar-refractivity contribution in [3.05, 3.63) is 10.1 Å². The molecule has 0 saturated heterocycles. The zero-order chi connectivity index (χ0) is 30.4. The first kappa shape index (κ1) is 34.7. The molecule has 0 aliphatic rings. The van der Waals surface area contributed by atoms with Crippen LogP contribution >= 0.6 is 0 Å². The van der Waals surface area contributed by atoms with Gasteiger partial charge in [-0.2, -0.15) is 0 Å². The highest BCUT2D eigenvalue weighted by Gasteiger charge is 2.51. The molecule has 0 heterocycles. The highest BCUT2D eigenvalue weighted by molar-refractivity contribution is 5.70. The van der Waals surface area contributed by atoms with Crippen molar-refractivity contribution >= 4 is 41.8 Å². The molecule has 0 rings (SSSR count). The summed E-state index contributed by atoms with van der Waals surface area (Å²) in [6.45, 7) is 4.45. The lowest BCUT2D eigenvalue weighted by molar-refractivity contribution is -0.493. The number of hydrogen-bond acceptors (Lipinski definition) is 16. The van der Waals surface area contributed by atoms with Gasteiger partial charge in [-0.3, -0.25) is 43.7 Å². The predicted molar refractivity (Wildman–Crippen MR) is 122 cm³/mol. The van der Waals surface area contributed by atoms with Crippen molar-refractivity contribution in [1.29, 1.82) is 0 Å². The monoisotopic (exact) mass is 565 g/mol. The van der Waals surface area contributed by atoms with E-state index in [0.29, 0.717) is 0 Å². The van der Waals surface area contributed by atoms with Gasteiger partial charge in [0, 0.05) is 53.4 Å². The van der Waals surface area contributed by atoms with E-state index in [9.17, 15) is 43.7 Å². The Morgan fingerprint density at radius 1 is 0.513 bits per heavy atom. The molecule has 0 aliphatic heterocycles. The molecule has 0 aromatic rings. The van der Waals surface area contributed by atoms with Crippen LogP contribution < -0.4 is 0 Å². The van der Waals surface area contributed by atoms with E-state index < -0.39 is 96.5 Å². The third-order valence-electron chi connectivity index (χ3n) is 4.33. The molecule has 0 bridgehead atoms. The van der Waals surface area contributed by atoms with Crippen molar-refractivity contribution < 1.29 is 71.6 Å². The molecule has 0 aliphatic carbocycles. The van der Waals surface area contributed by atoms with Gasteiger partial charge in [0.1, 0.15) is 6.61 Å². The van der Waals surface area contributed by atoms with E-state index in [-0.39, 0.29) is 0 Å². The van der Waals surface area contributed by atoms with Gasteiger partial charge in [0.15, 0.2) is 30.5 Å². The van der Waals surface area contributed by atoms with Crippen LogP contribution in [0.25, 0.3) is 0 Å². The number of ether oxygens (including phenoxy) is 7. The van der Waals surface area contributed by atoms with E-state index in [2.05, 4.69) is 0 Å². The largest absolute Gasteiger partial charge is 0.462 e. The number of nitro groups is 1. The minimum Gasteiger partial charge on any atom is -0.462 e. The predicted octanol–water partition coefficient (Wildman–Crippen LogP) is -0.584. The van der Waals surface area contributed by atoms with E-state index in [4.69, 9.17) is 33.2 Å². The second-order valence-electron chi connectivity index (χ2n) is 7.91. The lowest BCUT2D eigenvalue weighted by Gasteiger charge is -2.38. The normalized spacial score (nSPS) is 15.1. The van der Waals surface area contributed by atoms with E-state index in [1.54, 1.807) is 0 Å². The fourth-order valence-electron chi connectivity index (χ4n) is 3.29. The zero-order valence-corrected chi connectivity index (χ0v) is 22.4. The number of rotatable bonds is 15. The van der Waals surface area contributed by atoms with Gasteiger partial charge in [-0.25, -0.2) is 0 Å². The molecule has 17 nitrogen and oxygen atoms in total. The van der Waals surface area contributed by atoms with Crippen LogP contribution in [0.3, 0.4) is 0 Å². The summed E-state index contributed by atoms with van der Waals surface area (Å²) in [4.78, 5) is 93.6. The first-order valence-corrected chi connectivity index (χ1v) is 11.2. The van der Waals surface area contributed by atoms with Gasteiger partial charge in [0.05, 0.1) is 0 Å². The van der Waals surface area contributed by atoms with Gasteiger partial charge in [-0.15, -0.1) is 0 Å². The number of esters is 7. The van der Waals surface area contributed by atoms with Gasteiger partial charge >= 0.3 is 41.8 Å². The van der Waals surface area contributed by atoms with Crippen molar-refractivity contribution in [2.24, 2.45) is 0 Å². The van der Waals surface area contributed by atoms with Gasteiger partial charge in [-0.1, -0.05) is 0 Å². The maximum absolute atomic E-state index is 12.1. The van der Waals surface area contributed by atoms with Crippen LogP contribution in [0.1, 0.15) is 48.5 Å². The second-order valence-corrected chi connectivity index (χ2v) is 7.91. The standard InChI is InChI=1S/C22H31NO16/c1-10(24)33-9-18(35-12(3)26)20(37-14(5)28)22(39-16(7)30)21(38-15(6)29)19(36-13(4)27)17(8-23(31)32)34-11(2)25/h17-22H,8-9H2,1-7H3/t17-,18+,19+,20+,21-,22+/m1/s1. The Bertz CT molecular complexity index is 930. The molecule has 17 heteroatoms. The Kier molecular flexibility index (Phi) is 14.7. The van der Waals surface area contributed by atoms with Crippen molar-refractivity contribution in [1.82, 2.24) is 0 Å². The van der Waals surface area contributed by atoms with E-state index in [1.165, 1.54) is 0 Å². The molecule has 0 unspecified atom stereocenters. The molecule has 0 spiro atoms. The van der Waals surface area contributed by atoms with Gasteiger partial charge in [0.2, 0.25) is 12.6 Å². The molecular formula is C22H31NO16. The number of carbonyl (C=O) groups is 7. The number of hydrogen-bond donors (Lipinski definition) is 0. The maximum Gasteiger partial charge on any atom is 0.303 e. The van der Waals surface area contributed by atoms with Crippen LogP contribution in [0.5, 0.6) is 0 Å². The van der Waals surface area contributed by atoms with Crippen LogP contribution in [0, 0.1) is 10.1 Å². The molecule has 0 aromatic carbocycles. The van der Waals surface area contributed by atoms with Crippen LogP contribution in [0.15, 0.2) is 0 Å². The Hall–Kier alpha value is -4.31. The Labute approximate surface area is 222 Å². The van der Waals surface area contributed by atoms with E-state index in [0.717, 1.165) is 48.5 Å². The summed E-state index contributed by atoms with van der Waals surface area (Å²) in [5.74, 6) is -7.24. The van der Waals surface area contributed by atoms with Gasteiger partial charge < -0.3 is 33.2 Å². The molecule has 39 heavy (non-hydrogen) atoms. The highest BCUT2D eigenvalue weighted by Crippen LogP contribution is 2.26. The summed E-state index contributed by atoms with van der Waals surface area (Å²) in [6.07, 6.45) is -11.7. The van der Waals surface area contributed by atoms with Crippen molar-refractivity contribution in [3.8, 4) is 0 Å². The smallest absolute Gasteiger partial charge is 0.303 e. The maximum atomic E-state index is 12.1. The average molecular weight is 565 g/mol. The van der Waals surface area contributed by atoms with E-state index in [1.807, 2.05) is 0 Å². The minimum atomic E-state index is -2.07. The van der Waals surface area contributed by atoms with Crippen LogP contribution in [0.2, 0.25) is 0 Å². The van der Waals surface area contributed by atoms with Crippen molar-refractivity contribution in [2.45, 2.75) is 85.1 Å². The van der Waals surface area contributed by atoms with Gasteiger partial charge in [0.25, 0.3) is 0 Å². The number of carbonyl (C=O) groups excluding carboxylic acids is 7. The summed E-state index contributed by atoms with van der Waals surface area (Å²) < 4.78 is 35.7. The van der Waals surface area contributed by atoms with Crippen LogP contribution in [0.4, 0.5) is 0 Å². The highest BCUT2D eigenvalue weighted by atomic mass is 16.7. The molecule has 0 amide bonds. The average Bonchev–Trinajstić information content (AvgIpc) is 2.74. The molecule has 6 atom stereocenters. The van der Waals surface area contributed by atoms with Crippen LogP contribution in [-0.4, -0.2) is 96.5 Å². The molecule has 0 radical (unpaired) electrons.